The standard InChI is InChI=1S/C21H17F3N2/c22-21(23,24)17-6-3-4-15(12-17)13-18-14-19(8-10-25-18)26-11-9-16-5-1-2-7-20(16)26/h1-8,10,12,14H,9,11,13H2. The molecule has 0 bridgehead atoms. The number of para-hydroxylation sites is 1. The zero-order valence-corrected chi connectivity index (χ0v) is 14.0. The van der Waals surface area contributed by atoms with Gasteiger partial charge in [0.25, 0.3) is 0 Å². The third-order valence-electron chi connectivity index (χ3n) is 4.64. The molecule has 26 heavy (non-hydrogen) atoms. The maximum absolute atomic E-state index is 12.9. The Bertz CT molecular complexity index is 934. The van der Waals surface area contributed by atoms with Crippen molar-refractivity contribution in [1.82, 2.24) is 4.98 Å². The van der Waals surface area contributed by atoms with E-state index in [1.165, 1.54) is 23.4 Å². The van der Waals surface area contributed by atoms with Crippen molar-refractivity contribution in [3.63, 3.8) is 0 Å². The molecular formula is C21H17F3N2. The molecular weight excluding hydrogens is 337 g/mol. The second-order valence-electron chi connectivity index (χ2n) is 6.41. The van der Waals surface area contributed by atoms with Crippen LogP contribution in [0.1, 0.15) is 22.4 Å². The summed E-state index contributed by atoms with van der Waals surface area (Å²) in [6, 6.07) is 17.6. The van der Waals surface area contributed by atoms with Crippen LogP contribution in [0.25, 0.3) is 0 Å². The van der Waals surface area contributed by atoms with Crippen LogP contribution in [-0.2, 0) is 19.0 Å². The Kier molecular flexibility index (Phi) is 4.15. The molecule has 132 valence electrons. The van der Waals surface area contributed by atoms with Crippen LogP contribution < -0.4 is 4.90 Å². The second-order valence-corrected chi connectivity index (χ2v) is 6.41. The van der Waals surface area contributed by atoms with Crippen LogP contribution in [0.5, 0.6) is 0 Å². The van der Waals surface area contributed by atoms with E-state index in [0.717, 1.165) is 30.4 Å². The zero-order valence-electron chi connectivity index (χ0n) is 14.0. The first-order valence-corrected chi connectivity index (χ1v) is 8.47. The lowest BCUT2D eigenvalue weighted by Crippen LogP contribution is -2.13. The number of nitrogens with zero attached hydrogens (tertiary/aromatic N) is 2. The number of anilines is 2. The molecule has 2 nitrogen and oxygen atoms in total. The predicted molar refractivity (Wildman–Crippen MR) is 95.6 cm³/mol. The molecule has 3 aromatic rings. The number of hydrogen-bond acceptors (Lipinski definition) is 2. The minimum absolute atomic E-state index is 0.368. The van der Waals surface area contributed by atoms with Gasteiger partial charge < -0.3 is 4.90 Å². The van der Waals surface area contributed by atoms with Crippen LogP contribution in [-0.4, -0.2) is 11.5 Å². The van der Waals surface area contributed by atoms with Crippen molar-refractivity contribution >= 4 is 11.4 Å². The van der Waals surface area contributed by atoms with E-state index in [1.807, 2.05) is 24.3 Å². The lowest BCUT2D eigenvalue weighted by Gasteiger charge is -2.20. The monoisotopic (exact) mass is 354 g/mol. The number of hydrogen-bond donors (Lipinski definition) is 0. The third kappa shape index (κ3) is 3.29. The molecule has 4 rings (SSSR count). The van der Waals surface area contributed by atoms with Gasteiger partial charge in [-0.05, 0) is 41.8 Å². The molecule has 0 saturated carbocycles. The Morgan fingerprint density at radius 3 is 2.65 bits per heavy atom. The lowest BCUT2D eigenvalue weighted by molar-refractivity contribution is -0.137. The van der Waals surface area contributed by atoms with Crippen molar-refractivity contribution in [3.8, 4) is 0 Å². The molecule has 0 unspecified atom stereocenters. The van der Waals surface area contributed by atoms with Gasteiger partial charge >= 0.3 is 6.18 Å². The summed E-state index contributed by atoms with van der Waals surface area (Å²) in [7, 11) is 0. The largest absolute Gasteiger partial charge is 0.416 e. The Morgan fingerprint density at radius 2 is 1.81 bits per heavy atom. The number of aromatic nitrogens is 1. The topological polar surface area (TPSA) is 16.1 Å². The number of fused-ring (bicyclic) bond motifs is 1. The summed E-state index contributed by atoms with van der Waals surface area (Å²) in [5.74, 6) is 0. The molecule has 0 atom stereocenters. The molecule has 0 aliphatic carbocycles. The molecule has 0 N–H and O–H groups in total. The fourth-order valence-electron chi connectivity index (χ4n) is 3.40. The van der Waals surface area contributed by atoms with Crippen LogP contribution in [0.2, 0.25) is 0 Å². The Hall–Kier alpha value is -2.82. The predicted octanol–water partition coefficient (Wildman–Crippen LogP) is 5.39. The summed E-state index contributed by atoms with van der Waals surface area (Å²) >= 11 is 0. The van der Waals surface area contributed by atoms with E-state index in [2.05, 4.69) is 22.0 Å². The molecule has 5 heteroatoms. The average molecular weight is 354 g/mol. The van der Waals surface area contributed by atoms with Crippen molar-refractivity contribution < 1.29 is 13.2 Å². The number of alkyl halides is 3. The van der Waals surface area contributed by atoms with Gasteiger partial charge in [-0.3, -0.25) is 4.98 Å². The SMILES string of the molecule is FC(F)(F)c1cccc(Cc2cc(N3CCc4ccccc43)ccn2)c1. The normalized spacial score (nSPS) is 13.7. The Balaban J connectivity index is 1.60. The quantitative estimate of drug-likeness (QED) is 0.627. The van der Waals surface area contributed by atoms with Gasteiger partial charge in [-0.15, -0.1) is 0 Å². The second kappa shape index (κ2) is 6.48. The van der Waals surface area contributed by atoms with E-state index in [1.54, 1.807) is 12.3 Å². The highest BCUT2D eigenvalue weighted by Crippen LogP contribution is 2.34. The van der Waals surface area contributed by atoms with E-state index in [-0.39, 0.29) is 0 Å². The van der Waals surface area contributed by atoms with Crippen LogP contribution in [0.4, 0.5) is 24.5 Å². The van der Waals surface area contributed by atoms with Gasteiger partial charge in [0.2, 0.25) is 0 Å². The highest BCUT2D eigenvalue weighted by Gasteiger charge is 2.30. The number of halogens is 3. The van der Waals surface area contributed by atoms with E-state index in [4.69, 9.17) is 0 Å². The summed E-state index contributed by atoms with van der Waals surface area (Å²) in [4.78, 5) is 6.57. The van der Waals surface area contributed by atoms with E-state index >= 15 is 0 Å². The van der Waals surface area contributed by atoms with Gasteiger partial charge in [-0.25, -0.2) is 0 Å². The first-order valence-electron chi connectivity index (χ1n) is 8.47. The Labute approximate surface area is 149 Å². The molecule has 2 aromatic carbocycles. The summed E-state index contributed by atoms with van der Waals surface area (Å²) in [5, 5.41) is 0. The fraction of sp³-hybridized carbons (Fsp3) is 0.190. The van der Waals surface area contributed by atoms with Gasteiger partial charge in [0.05, 0.1) is 5.56 Å². The highest BCUT2D eigenvalue weighted by molar-refractivity contribution is 5.69. The van der Waals surface area contributed by atoms with Gasteiger partial charge in [-0.2, -0.15) is 13.2 Å². The van der Waals surface area contributed by atoms with Crippen LogP contribution in [0.3, 0.4) is 0 Å². The molecule has 2 heterocycles. The van der Waals surface area contributed by atoms with Crippen LogP contribution in [0, 0.1) is 0 Å². The van der Waals surface area contributed by atoms with Crippen molar-refractivity contribution in [1.29, 1.82) is 0 Å². The minimum atomic E-state index is -4.33. The van der Waals surface area contributed by atoms with Crippen molar-refractivity contribution in [3.05, 3.63) is 89.2 Å². The summed E-state index contributed by atoms with van der Waals surface area (Å²) < 4.78 is 38.7. The van der Waals surface area contributed by atoms with Crippen molar-refractivity contribution in [2.75, 3.05) is 11.4 Å². The van der Waals surface area contributed by atoms with Crippen molar-refractivity contribution in [2.45, 2.75) is 19.0 Å². The van der Waals surface area contributed by atoms with Gasteiger partial charge in [0.1, 0.15) is 0 Å². The van der Waals surface area contributed by atoms with Gasteiger partial charge in [0, 0.05) is 36.2 Å². The van der Waals surface area contributed by atoms with E-state index < -0.39 is 11.7 Å². The highest BCUT2D eigenvalue weighted by atomic mass is 19.4. The van der Waals surface area contributed by atoms with E-state index in [0.29, 0.717) is 12.0 Å². The lowest BCUT2D eigenvalue weighted by atomic mass is 10.1. The first-order chi connectivity index (χ1) is 12.5. The molecule has 1 aliphatic heterocycles. The van der Waals surface area contributed by atoms with Gasteiger partial charge in [-0.1, -0.05) is 36.4 Å². The molecule has 0 fully saturated rings. The average Bonchev–Trinajstić information content (AvgIpc) is 3.06. The molecule has 1 aliphatic rings. The molecule has 0 radical (unpaired) electrons. The van der Waals surface area contributed by atoms with Crippen molar-refractivity contribution in [2.24, 2.45) is 0 Å². The summed E-state index contributed by atoms with van der Waals surface area (Å²) in [6.07, 6.45) is -1.25. The number of rotatable bonds is 3. The first kappa shape index (κ1) is 16.6. The maximum Gasteiger partial charge on any atom is 0.416 e. The minimum Gasteiger partial charge on any atom is -0.341 e. The summed E-state index contributed by atoms with van der Waals surface area (Å²) in [6.45, 7) is 0.895. The van der Waals surface area contributed by atoms with Crippen LogP contribution in [0.15, 0.2) is 66.9 Å². The smallest absolute Gasteiger partial charge is 0.341 e. The zero-order chi connectivity index (χ0) is 18.1. The molecule has 1 aromatic heterocycles. The maximum atomic E-state index is 12.9. The van der Waals surface area contributed by atoms with Crippen LogP contribution >= 0.6 is 0 Å². The molecule has 0 amide bonds. The van der Waals surface area contributed by atoms with E-state index in [9.17, 15) is 13.2 Å². The number of pyridine rings is 1. The molecule has 0 spiro atoms. The fourth-order valence-corrected chi connectivity index (χ4v) is 3.40. The van der Waals surface area contributed by atoms with Gasteiger partial charge in [0.15, 0.2) is 0 Å². The molecule has 0 saturated heterocycles. The third-order valence-corrected chi connectivity index (χ3v) is 4.64. The number of benzene rings is 2. The summed E-state index contributed by atoms with van der Waals surface area (Å²) in [5.41, 5.74) is 4.25. The Morgan fingerprint density at radius 1 is 0.962 bits per heavy atom.